The summed E-state index contributed by atoms with van der Waals surface area (Å²) >= 11 is 96.5. The Balaban J connectivity index is 11.8. The van der Waals surface area contributed by atoms with Crippen LogP contribution in [0.4, 0.5) is 0 Å². The van der Waals surface area contributed by atoms with Crippen molar-refractivity contribution in [1.82, 2.24) is 0 Å². The third-order valence-electron chi connectivity index (χ3n) is 9.99. The van der Waals surface area contributed by atoms with Crippen LogP contribution in [0.5, 0.6) is 0 Å². The van der Waals surface area contributed by atoms with Gasteiger partial charge < -0.3 is 54.3 Å². The Morgan fingerprint density at radius 3 is 0.446 bits per heavy atom. The van der Waals surface area contributed by atoms with Crippen LogP contribution in [0.2, 0.25) is 0 Å². The molecule has 500 valence electrons. The van der Waals surface area contributed by atoms with Crippen molar-refractivity contribution in [3.63, 3.8) is 0 Å². The molecule has 0 heterocycles. The molecule has 0 aliphatic carbocycles. The van der Waals surface area contributed by atoms with Crippen molar-refractivity contribution in [2.24, 2.45) is 17.8 Å². The molecule has 0 saturated heterocycles. The number of halogens is 15. The van der Waals surface area contributed by atoms with E-state index in [1.807, 2.05) is 0 Å². The van der Waals surface area contributed by atoms with Gasteiger partial charge in [-0.3, -0.25) is 41.0 Å². The molecule has 0 fully saturated rings. The summed E-state index contributed by atoms with van der Waals surface area (Å²) in [5, 5.41) is -19.4. The van der Waals surface area contributed by atoms with Gasteiger partial charge >= 0.3 is 53.4 Å². The Morgan fingerprint density at radius 2 is 0.361 bits per heavy atom. The van der Waals surface area contributed by atoms with E-state index in [4.69, 9.17) is 242 Å². The van der Waals surface area contributed by atoms with Crippen molar-refractivity contribution in [3.05, 3.63) is 0 Å². The zero-order valence-electron chi connectivity index (χ0n) is 45.7. The number of hydrogen-bond acceptors (Lipinski definition) is 22. The molecule has 0 bridgehead atoms. The molecular formula is C39H72Cl15O22P7. The molecule has 0 aliphatic heterocycles. The van der Waals surface area contributed by atoms with Gasteiger partial charge in [-0.1, -0.05) is 41.5 Å². The van der Waals surface area contributed by atoms with Crippen molar-refractivity contribution >= 4 is 227 Å². The highest BCUT2D eigenvalue weighted by molar-refractivity contribution is 7.77. The van der Waals surface area contributed by atoms with Gasteiger partial charge in [-0.25, -0.2) is 4.57 Å². The van der Waals surface area contributed by atoms with Crippen molar-refractivity contribution < 1.29 is 99.8 Å². The second-order valence-corrected chi connectivity index (χ2v) is 38.4. The van der Waals surface area contributed by atoms with Crippen LogP contribution in [0.1, 0.15) is 41.5 Å². The molecule has 44 heteroatoms. The van der Waals surface area contributed by atoms with Gasteiger partial charge in [-0.2, -0.15) is 0 Å². The predicted octanol–water partition coefficient (Wildman–Crippen LogP) is 18.1. The number of phosphoric ester groups is 1. The van der Waals surface area contributed by atoms with Crippen LogP contribution < -0.4 is 0 Å². The van der Waals surface area contributed by atoms with E-state index in [-0.39, 0.29) is 0 Å². The van der Waals surface area contributed by atoms with E-state index in [1.165, 1.54) is 41.5 Å². The third-order valence-corrected chi connectivity index (χ3v) is 35.2. The number of alkyl halides is 15. The molecule has 0 N–H and O–H groups in total. The molecule has 3 unspecified atom stereocenters. The lowest BCUT2D eigenvalue weighted by molar-refractivity contribution is -0.0121. The molecule has 83 heavy (non-hydrogen) atoms. The van der Waals surface area contributed by atoms with Gasteiger partial charge in [0.1, 0.15) is 0 Å². The first-order chi connectivity index (χ1) is 38.9. The Hall–Kier alpha value is 5.36. The van der Waals surface area contributed by atoms with E-state index in [2.05, 4.69) is 0 Å². The largest absolute Gasteiger partial charge is 0.480 e. The van der Waals surface area contributed by atoms with Crippen LogP contribution in [-0.2, 0) is 99.8 Å². The first-order valence-corrected chi connectivity index (χ1v) is 43.1. The molecular weight excluding hydrogens is 1570 g/mol. The summed E-state index contributed by atoms with van der Waals surface area (Å²) in [6, 6.07) is 0. The zero-order chi connectivity index (χ0) is 64.0. The lowest BCUT2D eigenvalue weighted by atomic mass is 10.1. The average Bonchev–Trinajstić information content (AvgIpc) is 3.54. The summed E-state index contributed by atoms with van der Waals surface area (Å²) in [5.41, 5.74) is 0. The summed E-state index contributed by atoms with van der Waals surface area (Å²) in [4.78, 5) is 0. The minimum atomic E-state index is -7.47. The third kappa shape index (κ3) is 22.7. The SMILES string of the molecule is CC(C)C(Cl)C(OP(=O)(OC(C(Cl)C(C)C)(P(=O)(OCCCl)OCCCl)P(=O)(OCCCl)OCCCl)OC(C(Cl)C(C)C)(P(=O)(OCCCl)OCCCl)P(=O)(OCCCl)OCCCl)(P(=O)(OCCCl)OCCCl)P(=O)(OCCCl)OCCCl. The van der Waals surface area contributed by atoms with Gasteiger partial charge in [-0.05, 0) is 17.8 Å². The van der Waals surface area contributed by atoms with Gasteiger partial charge in [0, 0.05) is 70.6 Å². The van der Waals surface area contributed by atoms with E-state index < -0.39 is 252 Å². The first kappa shape index (κ1) is 88.4. The van der Waals surface area contributed by atoms with Crippen LogP contribution in [0, 0.1) is 17.8 Å². The monoisotopic (exact) mass is 1630 g/mol. The highest BCUT2D eigenvalue weighted by atomic mass is 35.5. The van der Waals surface area contributed by atoms with Crippen molar-refractivity contribution in [3.8, 4) is 0 Å². The minimum Gasteiger partial charge on any atom is -0.305 e. The van der Waals surface area contributed by atoms with E-state index in [0.717, 1.165) is 0 Å². The lowest BCUT2D eigenvalue weighted by Crippen LogP contribution is -2.51. The maximum absolute atomic E-state index is 18.3. The average molecular weight is 1640 g/mol. The zero-order valence-corrected chi connectivity index (χ0v) is 63.3. The minimum absolute atomic E-state index is 0.578. The van der Waals surface area contributed by atoms with Crippen molar-refractivity contribution in [2.75, 3.05) is 150 Å². The fourth-order valence-corrected chi connectivity index (χ4v) is 33.1. The molecule has 0 radical (unpaired) electrons. The molecule has 0 spiro atoms. The lowest BCUT2D eigenvalue weighted by Gasteiger charge is -2.51. The van der Waals surface area contributed by atoms with E-state index in [1.54, 1.807) is 0 Å². The molecule has 0 aromatic carbocycles. The molecule has 0 amide bonds. The molecule has 0 aromatic rings. The topological polar surface area (TPSA) is 258 Å². The maximum Gasteiger partial charge on any atom is 0.480 e. The van der Waals surface area contributed by atoms with Gasteiger partial charge in [-0.15, -0.1) is 174 Å². The molecule has 0 aliphatic rings. The molecule has 0 aromatic heterocycles. The van der Waals surface area contributed by atoms with Crippen molar-refractivity contribution in [1.29, 1.82) is 0 Å². The molecule has 3 atom stereocenters. The number of rotatable bonds is 54. The van der Waals surface area contributed by atoms with Gasteiger partial charge in [0.2, 0.25) is 0 Å². The first-order valence-electron chi connectivity index (χ1n) is 24.6. The molecule has 22 nitrogen and oxygen atoms in total. The van der Waals surface area contributed by atoms with E-state index in [9.17, 15) is 0 Å². The predicted molar refractivity (Wildman–Crippen MR) is 338 cm³/mol. The smallest absolute Gasteiger partial charge is 0.305 e. The van der Waals surface area contributed by atoms with Gasteiger partial charge in [0.15, 0.2) is 0 Å². The maximum atomic E-state index is 18.3. The van der Waals surface area contributed by atoms with Crippen molar-refractivity contribution in [2.45, 2.75) is 72.9 Å². The van der Waals surface area contributed by atoms with Crippen LogP contribution >= 0.6 is 227 Å². The number of phosphoric acid groups is 1. The van der Waals surface area contributed by atoms with Crippen LogP contribution in [0.3, 0.4) is 0 Å². The summed E-state index contributed by atoms with van der Waals surface area (Å²) < 4.78 is 209. The van der Waals surface area contributed by atoms with E-state index in [0.29, 0.717) is 0 Å². The Labute approximate surface area is 562 Å². The Morgan fingerprint density at radius 1 is 0.253 bits per heavy atom. The standard InChI is InChI=1S/C39H72Cl15O22P7/c1-31(2)34(52)37(77(55,62-19-7-40)63-20-8-41,78(56,64-21-9-42)65-22-10-43)74-83(61,75-38(35(53)32(3)4,79(57,66-23-11-44)67-24-12-45)80(58,68-25-13-46)69-26-14-47)76-39(36(54)33(5)6,81(59,70-27-15-48)71-28-16-49)82(60,72-29-17-50)73-30-18-51/h31-36H,7-30H2,1-6H3. The molecule has 0 rings (SSSR count). The normalized spacial score (nSPS) is 15.9. The fourth-order valence-electron chi connectivity index (χ4n) is 6.85. The highest BCUT2D eigenvalue weighted by Gasteiger charge is 2.82. The van der Waals surface area contributed by atoms with Gasteiger partial charge in [0.05, 0.1) is 95.4 Å². The number of hydrogen-bond donors (Lipinski definition) is 0. The van der Waals surface area contributed by atoms with Crippen LogP contribution in [-0.4, -0.2) is 181 Å². The molecule has 0 saturated carbocycles. The second-order valence-electron chi connectivity index (χ2n) is 16.9. The van der Waals surface area contributed by atoms with Crippen LogP contribution in [0.25, 0.3) is 0 Å². The Bertz CT molecular complexity index is 1770. The highest BCUT2D eigenvalue weighted by Crippen LogP contribution is 2.91. The van der Waals surface area contributed by atoms with Gasteiger partial charge in [0.25, 0.3) is 15.2 Å². The Kier molecular flexibility index (Phi) is 46.3. The summed E-state index contributed by atoms with van der Waals surface area (Å²) in [6.07, 6.45) is 0. The summed E-state index contributed by atoms with van der Waals surface area (Å²) in [6.45, 7) is -2.78. The summed E-state index contributed by atoms with van der Waals surface area (Å²) in [5.74, 6) is -11.0. The summed E-state index contributed by atoms with van der Waals surface area (Å²) in [7, 11) is -44.1. The quantitative estimate of drug-likeness (QED) is 0.0405. The van der Waals surface area contributed by atoms with E-state index >= 15 is 32.0 Å². The van der Waals surface area contributed by atoms with Crippen LogP contribution in [0.15, 0.2) is 0 Å². The fraction of sp³-hybridized carbons (Fsp3) is 1.00. The second kappa shape index (κ2) is 43.5.